The third-order valence-corrected chi connectivity index (χ3v) is 9.77. The minimum absolute atomic E-state index is 0.799. The van der Waals surface area contributed by atoms with E-state index in [1.165, 1.54) is 44.3 Å². The summed E-state index contributed by atoms with van der Waals surface area (Å²) in [6.07, 6.45) is 7.98. The Labute approximate surface area is 300 Å². The van der Waals surface area contributed by atoms with E-state index in [4.69, 9.17) is 9.15 Å². The Morgan fingerprint density at radius 1 is 0.588 bits per heavy atom. The molecule has 0 saturated carbocycles. The molecule has 250 valence electrons. The molecule has 0 unspecified atom stereocenters. The van der Waals surface area contributed by atoms with Gasteiger partial charge in [0.05, 0.1) is 5.69 Å². The summed E-state index contributed by atoms with van der Waals surface area (Å²) in [4.78, 5) is 2.33. The van der Waals surface area contributed by atoms with Crippen LogP contribution in [0.1, 0.15) is 35.8 Å². The molecular weight excluding hydrogens is 623 g/mol. The summed E-state index contributed by atoms with van der Waals surface area (Å²) in [5.41, 5.74) is 11.8. The fraction of sp³-hybridized carbons (Fsp3) is 0.125. The third kappa shape index (κ3) is 7.15. The van der Waals surface area contributed by atoms with Crippen LogP contribution in [0, 0.1) is 0 Å². The van der Waals surface area contributed by atoms with E-state index in [2.05, 4.69) is 182 Å². The maximum absolute atomic E-state index is 6.67. The summed E-state index contributed by atoms with van der Waals surface area (Å²) < 4.78 is 13.3. The molecule has 0 spiro atoms. The largest absolute Gasteiger partial charge is 0.456 e. The summed E-state index contributed by atoms with van der Waals surface area (Å²) in [5, 5.41) is 1.17. The van der Waals surface area contributed by atoms with E-state index in [1.807, 2.05) is 0 Å². The molecule has 2 heterocycles. The van der Waals surface area contributed by atoms with Crippen molar-refractivity contribution >= 4 is 22.7 Å². The standard InChI is InChI=1S/C48H41NO2/c1-2-35(31-47-42(26-23-36-15-7-3-8-16-36)43-33-40(24-27-45(43)50-47)38-19-11-5-12-20-38)32-48-49(30-29-37-17-9-4-10-18-37)44-34-41(25-28-46(44)51-48)39-21-13-6-14-22-39/h3-22,24-25,27-28,31-34H,2,23,26,29-30H2,1H3/b35-31-,48-32-. The summed E-state index contributed by atoms with van der Waals surface area (Å²) in [6, 6.07) is 55.6. The van der Waals surface area contributed by atoms with E-state index in [0.29, 0.717) is 0 Å². The molecular formula is C48H41NO2. The normalized spacial score (nSPS) is 13.5. The first kappa shape index (κ1) is 32.2. The number of allylic oxidation sites excluding steroid dienone is 2. The van der Waals surface area contributed by atoms with Gasteiger partial charge in [-0.3, -0.25) is 0 Å². The molecule has 0 amide bonds. The molecule has 0 fully saturated rings. The number of benzene rings is 6. The highest BCUT2D eigenvalue weighted by atomic mass is 16.5. The van der Waals surface area contributed by atoms with Crippen LogP contribution in [0.5, 0.6) is 5.75 Å². The molecule has 7 aromatic rings. The molecule has 3 nitrogen and oxygen atoms in total. The van der Waals surface area contributed by atoms with Gasteiger partial charge in [0.25, 0.3) is 0 Å². The first-order valence-corrected chi connectivity index (χ1v) is 18.0. The van der Waals surface area contributed by atoms with Gasteiger partial charge >= 0.3 is 0 Å². The quantitative estimate of drug-likeness (QED) is 0.138. The highest BCUT2D eigenvalue weighted by molar-refractivity contribution is 5.89. The van der Waals surface area contributed by atoms with Crippen LogP contribution in [0.4, 0.5) is 5.69 Å². The van der Waals surface area contributed by atoms with Crippen molar-refractivity contribution in [2.24, 2.45) is 0 Å². The lowest BCUT2D eigenvalue weighted by atomic mass is 9.97. The van der Waals surface area contributed by atoms with Gasteiger partial charge in [0.1, 0.15) is 11.3 Å². The van der Waals surface area contributed by atoms with Crippen LogP contribution in [-0.2, 0) is 19.3 Å². The number of anilines is 1. The molecule has 1 aliphatic heterocycles. The summed E-state index contributed by atoms with van der Waals surface area (Å²) in [5.74, 6) is 2.63. The van der Waals surface area contributed by atoms with Gasteiger partial charge in [0.15, 0.2) is 5.75 Å². The van der Waals surface area contributed by atoms with Crippen LogP contribution >= 0.6 is 0 Å². The van der Waals surface area contributed by atoms with Crippen molar-refractivity contribution in [3.05, 3.63) is 198 Å². The lowest BCUT2D eigenvalue weighted by Gasteiger charge is -2.19. The average Bonchev–Trinajstić information content (AvgIpc) is 3.72. The van der Waals surface area contributed by atoms with Crippen LogP contribution < -0.4 is 9.64 Å². The van der Waals surface area contributed by atoms with Gasteiger partial charge in [-0.05, 0) is 95.0 Å². The smallest absolute Gasteiger partial charge is 0.200 e. The Kier molecular flexibility index (Phi) is 9.35. The van der Waals surface area contributed by atoms with Gasteiger partial charge in [-0.25, -0.2) is 0 Å². The topological polar surface area (TPSA) is 25.6 Å². The number of fused-ring (bicyclic) bond motifs is 2. The average molecular weight is 664 g/mol. The van der Waals surface area contributed by atoms with E-state index in [-0.39, 0.29) is 0 Å². The molecule has 0 bridgehead atoms. The number of hydrogen-bond acceptors (Lipinski definition) is 3. The zero-order chi connectivity index (χ0) is 34.4. The Hall–Kier alpha value is -6.06. The van der Waals surface area contributed by atoms with Crippen molar-refractivity contribution < 1.29 is 9.15 Å². The van der Waals surface area contributed by atoms with Crippen LogP contribution in [0.25, 0.3) is 39.3 Å². The zero-order valence-electron chi connectivity index (χ0n) is 29.0. The molecule has 51 heavy (non-hydrogen) atoms. The minimum atomic E-state index is 0.799. The van der Waals surface area contributed by atoms with Crippen LogP contribution in [0.3, 0.4) is 0 Å². The second kappa shape index (κ2) is 14.8. The molecule has 0 N–H and O–H groups in total. The third-order valence-electron chi connectivity index (χ3n) is 9.77. The summed E-state index contributed by atoms with van der Waals surface area (Å²) >= 11 is 0. The number of rotatable bonds is 11. The number of furan rings is 1. The summed E-state index contributed by atoms with van der Waals surface area (Å²) in [7, 11) is 0. The highest BCUT2D eigenvalue weighted by Crippen LogP contribution is 2.42. The first-order valence-electron chi connectivity index (χ1n) is 18.0. The van der Waals surface area contributed by atoms with E-state index in [9.17, 15) is 0 Å². The number of nitrogens with zero attached hydrogens (tertiary/aromatic N) is 1. The molecule has 1 aliphatic rings. The van der Waals surface area contributed by atoms with Gasteiger partial charge < -0.3 is 14.1 Å². The van der Waals surface area contributed by atoms with Gasteiger partial charge in [0, 0.05) is 23.6 Å². The van der Waals surface area contributed by atoms with Gasteiger partial charge in [-0.1, -0.05) is 140 Å². The van der Waals surface area contributed by atoms with Crippen molar-refractivity contribution in [3.63, 3.8) is 0 Å². The van der Waals surface area contributed by atoms with E-state index in [0.717, 1.165) is 66.5 Å². The van der Waals surface area contributed by atoms with Crippen molar-refractivity contribution in [2.75, 3.05) is 11.4 Å². The fourth-order valence-electron chi connectivity index (χ4n) is 6.97. The Morgan fingerprint density at radius 2 is 1.18 bits per heavy atom. The number of aryl methyl sites for hydroxylation is 2. The second-order valence-electron chi connectivity index (χ2n) is 13.1. The van der Waals surface area contributed by atoms with Crippen molar-refractivity contribution in [2.45, 2.75) is 32.6 Å². The SMILES string of the molecule is CCC(=C/c1oc2ccc(-c3ccccc3)cc2c1CCc1ccccc1)/C=C1\Oc2ccc(-c3ccccc3)cc2N1CCc1ccccc1. The molecule has 1 aromatic heterocycles. The molecule has 0 radical (unpaired) electrons. The molecule has 6 aromatic carbocycles. The monoisotopic (exact) mass is 663 g/mol. The number of ether oxygens (including phenoxy) is 1. The Balaban J connectivity index is 1.18. The zero-order valence-corrected chi connectivity index (χ0v) is 29.0. The van der Waals surface area contributed by atoms with Crippen molar-refractivity contribution in [3.8, 4) is 28.0 Å². The van der Waals surface area contributed by atoms with E-state index < -0.39 is 0 Å². The van der Waals surface area contributed by atoms with E-state index in [1.54, 1.807) is 0 Å². The Morgan fingerprint density at radius 3 is 1.82 bits per heavy atom. The van der Waals surface area contributed by atoms with Crippen LogP contribution in [-0.4, -0.2) is 6.54 Å². The molecule has 8 rings (SSSR count). The van der Waals surface area contributed by atoms with Crippen molar-refractivity contribution in [1.29, 1.82) is 0 Å². The number of hydrogen-bond donors (Lipinski definition) is 0. The first-order chi connectivity index (χ1) is 25.2. The lowest BCUT2D eigenvalue weighted by Crippen LogP contribution is -2.23. The summed E-state index contributed by atoms with van der Waals surface area (Å²) in [6.45, 7) is 3.00. The van der Waals surface area contributed by atoms with Crippen LogP contribution in [0.2, 0.25) is 0 Å². The molecule has 0 aliphatic carbocycles. The van der Waals surface area contributed by atoms with Crippen LogP contribution in [0.15, 0.2) is 180 Å². The molecule has 0 atom stereocenters. The molecule has 3 heteroatoms. The predicted octanol–water partition coefficient (Wildman–Crippen LogP) is 12.3. The minimum Gasteiger partial charge on any atom is -0.456 e. The predicted molar refractivity (Wildman–Crippen MR) is 212 cm³/mol. The molecule has 0 saturated heterocycles. The maximum atomic E-state index is 6.67. The van der Waals surface area contributed by atoms with E-state index >= 15 is 0 Å². The maximum Gasteiger partial charge on any atom is 0.200 e. The van der Waals surface area contributed by atoms with Crippen molar-refractivity contribution in [1.82, 2.24) is 0 Å². The highest BCUT2D eigenvalue weighted by Gasteiger charge is 2.27. The Bertz CT molecular complexity index is 2300. The van der Waals surface area contributed by atoms with Gasteiger partial charge in [-0.15, -0.1) is 0 Å². The second-order valence-corrected chi connectivity index (χ2v) is 13.1. The lowest BCUT2D eigenvalue weighted by molar-refractivity contribution is 0.438. The van der Waals surface area contributed by atoms with Gasteiger partial charge in [0.2, 0.25) is 5.88 Å². The fourth-order valence-corrected chi connectivity index (χ4v) is 6.97. The van der Waals surface area contributed by atoms with Gasteiger partial charge in [-0.2, -0.15) is 0 Å².